The van der Waals surface area contributed by atoms with Crippen LogP contribution in [0.2, 0.25) is 0 Å². The Morgan fingerprint density at radius 1 is 1.27 bits per heavy atom. The van der Waals surface area contributed by atoms with Crippen LogP contribution in [0.3, 0.4) is 0 Å². The average molecular weight is 294 g/mol. The molecule has 1 aromatic carbocycles. The Morgan fingerprint density at radius 2 is 2.23 bits per heavy atom. The average Bonchev–Trinajstić information content (AvgIpc) is 2.54. The number of aryl methyl sites for hydroxylation is 1. The van der Waals surface area contributed by atoms with E-state index in [1.807, 2.05) is 19.2 Å². The van der Waals surface area contributed by atoms with E-state index in [9.17, 15) is 0 Å². The van der Waals surface area contributed by atoms with E-state index in [1.165, 1.54) is 36.2 Å². The second-order valence-electron chi connectivity index (χ2n) is 6.31. The van der Waals surface area contributed by atoms with Crippen LogP contribution >= 0.6 is 0 Å². The lowest BCUT2D eigenvalue weighted by molar-refractivity contribution is 0.152. The van der Waals surface area contributed by atoms with Crippen LogP contribution in [0.5, 0.6) is 0 Å². The number of nitrogens with one attached hydrogen (secondary N) is 1. The number of nitrogens with zero attached hydrogens (tertiary/aromatic N) is 3. The van der Waals surface area contributed by atoms with Gasteiger partial charge in [0.25, 0.3) is 0 Å². The molecule has 0 amide bonds. The molecule has 3 heterocycles. The van der Waals surface area contributed by atoms with Gasteiger partial charge in [-0.2, -0.15) is 0 Å². The van der Waals surface area contributed by atoms with Crippen molar-refractivity contribution in [3.8, 4) is 0 Å². The van der Waals surface area contributed by atoms with Gasteiger partial charge in [0, 0.05) is 50.5 Å². The Balaban J connectivity index is 1.59. The van der Waals surface area contributed by atoms with Crippen LogP contribution in [0.4, 0.5) is 0 Å². The molecular weight excluding hydrogens is 272 g/mol. The largest absolute Gasteiger partial charge is 0.314 e. The highest BCUT2D eigenvalue weighted by atomic mass is 15.2. The molecule has 0 aliphatic carbocycles. The van der Waals surface area contributed by atoms with Gasteiger partial charge < -0.3 is 5.32 Å². The molecule has 2 aliphatic heterocycles. The summed E-state index contributed by atoms with van der Waals surface area (Å²) in [5.41, 5.74) is 5.49. The highest BCUT2D eigenvalue weighted by molar-refractivity contribution is 5.38. The number of hydrogen-bond donors (Lipinski definition) is 1. The molecule has 2 aromatic rings. The summed E-state index contributed by atoms with van der Waals surface area (Å²) in [6, 6.07) is 9.57. The van der Waals surface area contributed by atoms with E-state index in [-0.39, 0.29) is 0 Å². The Labute approximate surface area is 131 Å². The summed E-state index contributed by atoms with van der Waals surface area (Å²) in [4.78, 5) is 11.3. The van der Waals surface area contributed by atoms with Crippen molar-refractivity contribution in [2.24, 2.45) is 0 Å². The van der Waals surface area contributed by atoms with Gasteiger partial charge in [0.15, 0.2) is 0 Å². The predicted molar refractivity (Wildman–Crippen MR) is 86.9 cm³/mol. The SMILES string of the molecule is Cc1nccc(Cc2ccc3c(c2)CCN2CCNC[C@@H]32)n1. The summed E-state index contributed by atoms with van der Waals surface area (Å²) in [5.74, 6) is 0.847. The Hall–Kier alpha value is -1.78. The fourth-order valence-electron chi connectivity index (χ4n) is 3.71. The predicted octanol–water partition coefficient (Wildman–Crippen LogP) is 1.88. The first-order valence-corrected chi connectivity index (χ1v) is 8.14. The van der Waals surface area contributed by atoms with Gasteiger partial charge in [-0.1, -0.05) is 18.2 Å². The third-order valence-corrected chi connectivity index (χ3v) is 4.81. The number of rotatable bonds is 2. The van der Waals surface area contributed by atoms with Crippen LogP contribution in [-0.2, 0) is 12.8 Å². The van der Waals surface area contributed by atoms with E-state index in [2.05, 4.69) is 38.4 Å². The molecule has 1 fully saturated rings. The standard InChI is InChI=1S/C18H22N4/c1-13-20-6-4-16(21-13)11-14-2-3-17-15(10-14)5-8-22-9-7-19-12-18(17)22/h2-4,6,10,18-19H,5,7-9,11-12H2,1H3/t18-/m0/s1. The molecule has 114 valence electrons. The van der Waals surface area contributed by atoms with Crippen molar-refractivity contribution in [1.29, 1.82) is 0 Å². The molecule has 0 radical (unpaired) electrons. The summed E-state index contributed by atoms with van der Waals surface area (Å²) in [6.45, 7) is 6.51. The van der Waals surface area contributed by atoms with E-state index in [1.54, 1.807) is 0 Å². The van der Waals surface area contributed by atoms with Crippen molar-refractivity contribution in [2.75, 3.05) is 26.2 Å². The first-order valence-electron chi connectivity index (χ1n) is 8.14. The van der Waals surface area contributed by atoms with Crippen molar-refractivity contribution in [1.82, 2.24) is 20.2 Å². The lowest BCUT2D eigenvalue weighted by Crippen LogP contribution is -2.48. The number of fused-ring (bicyclic) bond motifs is 3. The molecule has 4 nitrogen and oxygen atoms in total. The molecule has 1 aromatic heterocycles. The molecule has 22 heavy (non-hydrogen) atoms. The minimum atomic E-state index is 0.563. The number of hydrogen-bond acceptors (Lipinski definition) is 4. The summed E-state index contributed by atoms with van der Waals surface area (Å²) >= 11 is 0. The Kier molecular flexibility index (Phi) is 3.64. The van der Waals surface area contributed by atoms with Gasteiger partial charge in [-0.3, -0.25) is 4.90 Å². The molecule has 1 atom stereocenters. The molecule has 4 rings (SSSR count). The van der Waals surface area contributed by atoms with Crippen molar-refractivity contribution >= 4 is 0 Å². The highest BCUT2D eigenvalue weighted by Gasteiger charge is 2.29. The summed E-state index contributed by atoms with van der Waals surface area (Å²) in [7, 11) is 0. The van der Waals surface area contributed by atoms with Crippen LogP contribution in [-0.4, -0.2) is 41.0 Å². The van der Waals surface area contributed by atoms with Crippen molar-refractivity contribution in [3.05, 3.63) is 58.7 Å². The smallest absolute Gasteiger partial charge is 0.125 e. The van der Waals surface area contributed by atoms with E-state index in [0.29, 0.717) is 6.04 Å². The second-order valence-corrected chi connectivity index (χ2v) is 6.31. The van der Waals surface area contributed by atoms with Gasteiger partial charge in [0.2, 0.25) is 0 Å². The van der Waals surface area contributed by atoms with Crippen molar-refractivity contribution in [2.45, 2.75) is 25.8 Å². The van der Waals surface area contributed by atoms with Crippen LogP contribution < -0.4 is 5.32 Å². The number of aromatic nitrogens is 2. The normalized spacial score (nSPS) is 21.2. The van der Waals surface area contributed by atoms with Gasteiger partial charge in [-0.25, -0.2) is 9.97 Å². The first-order chi connectivity index (χ1) is 10.8. The maximum absolute atomic E-state index is 4.52. The molecule has 4 heteroatoms. The molecular formula is C18H22N4. The summed E-state index contributed by atoms with van der Waals surface area (Å²) in [5, 5.41) is 3.53. The zero-order valence-corrected chi connectivity index (χ0v) is 13.0. The lowest BCUT2D eigenvalue weighted by atomic mass is 9.89. The molecule has 1 saturated heterocycles. The van der Waals surface area contributed by atoms with Gasteiger partial charge in [-0.15, -0.1) is 0 Å². The van der Waals surface area contributed by atoms with E-state index in [4.69, 9.17) is 0 Å². The van der Waals surface area contributed by atoms with Crippen LogP contribution in [0, 0.1) is 6.92 Å². The highest BCUT2D eigenvalue weighted by Crippen LogP contribution is 2.31. The third-order valence-electron chi connectivity index (χ3n) is 4.81. The van der Waals surface area contributed by atoms with Gasteiger partial charge in [-0.05, 0) is 36.1 Å². The van der Waals surface area contributed by atoms with Gasteiger partial charge in [0.05, 0.1) is 0 Å². The van der Waals surface area contributed by atoms with E-state index in [0.717, 1.165) is 31.0 Å². The minimum absolute atomic E-state index is 0.563. The van der Waals surface area contributed by atoms with E-state index >= 15 is 0 Å². The zero-order valence-electron chi connectivity index (χ0n) is 13.0. The molecule has 0 bridgehead atoms. The maximum Gasteiger partial charge on any atom is 0.125 e. The maximum atomic E-state index is 4.52. The lowest BCUT2D eigenvalue weighted by Gasteiger charge is -2.41. The second kappa shape index (κ2) is 5.78. The fourth-order valence-corrected chi connectivity index (χ4v) is 3.71. The van der Waals surface area contributed by atoms with Crippen molar-refractivity contribution < 1.29 is 0 Å². The topological polar surface area (TPSA) is 41.1 Å². The fraction of sp³-hybridized carbons (Fsp3) is 0.444. The zero-order chi connectivity index (χ0) is 14.9. The van der Waals surface area contributed by atoms with Gasteiger partial charge >= 0.3 is 0 Å². The molecule has 1 N–H and O–H groups in total. The van der Waals surface area contributed by atoms with E-state index < -0.39 is 0 Å². The monoisotopic (exact) mass is 294 g/mol. The molecule has 0 saturated carbocycles. The number of benzene rings is 1. The molecule has 2 aliphatic rings. The quantitative estimate of drug-likeness (QED) is 0.918. The van der Waals surface area contributed by atoms with Crippen LogP contribution in [0.15, 0.2) is 30.5 Å². The Morgan fingerprint density at radius 3 is 3.14 bits per heavy atom. The summed E-state index contributed by atoms with van der Waals surface area (Å²) in [6.07, 6.45) is 3.91. The Bertz CT molecular complexity index is 683. The number of piperazine rings is 1. The van der Waals surface area contributed by atoms with Crippen LogP contribution in [0.25, 0.3) is 0 Å². The van der Waals surface area contributed by atoms with Crippen LogP contribution in [0.1, 0.15) is 34.3 Å². The van der Waals surface area contributed by atoms with Gasteiger partial charge in [0.1, 0.15) is 5.82 Å². The summed E-state index contributed by atoms with van der Waals surface area (Å²) < 4.78 is 0. The molecule has 0 unspecified atom stereocenters. The first kappa shape index (κ1) is 13.9. The molecule has 0 spiro atoms. The third kappa shape index (κ3) is 2.64. The van der Waals surface area contributed by atoms with Crippen molar-refractivity contribution in [3.63, 3.8) is 0 Å². The minimum Gasteiger partial charge on any atom is -0.314 e.